The van der Waals surface area contributed by atoms with E-state index in [0.717, 1.165) is 17.4 Å². The van der Waals surface area contributed by atoms with E-state index in [2.05, 4.69) is 13.8 Å². The minimum Gasteiger partial charge on any atom is -0.493 e. The molecule has 0 amide bonds. The summed E-state index contributed by atoms with van der Waals surface area (Å²) in [6, 6.07) is 17.5. The highest BCUT2D eigenvalue weighted by molar-refractivity contribution is 6.87. The summed E-state index contributed by atoms with van der Waals surface area (Å²) in [6.07, 6.45) is 4.75. The quantitative estimate of drug-likeness (QED) is 0.598. The third-order valence-electron chi connectivity index (χ3n) is 4.18. The molecule has 0 spiro atoms. The fraction of sp³-hybridized carbons (Fsp3) is 0.381. The lowest BCUT2D eigenvalue weighted by Crippen LogP contribution is -2.24. The lowest BCUT2D eigenvalue weighted by Gasteiger charge is -2.17. The van der Waals surface area contributed by atoms with Crippen molar-refractivity contribution in [3.05, 3.63) is 60.2 Å². The Hall–Kier alpha value is -1.87. The third kappa shape index (κ3) is 5.64. The smallest absolute Gasteiger partial charge is 0.179 e. The van der Waals surface area contributed by atoms with Crippen LogP contribution in [-0.4, -0.2) is 21.5 Å². The fourth-order valence-electron chi connectivity index (χ4n) is 2.61. The molecule has 0 aromatic heterocycles. The van der Waals surface area contributed by atoms with Gasteiger partial charge in [0.15, 0.2) is 9.52 Å². The molecule has 126 valence electrons. The third-order valence-corrected chi connectivity index (χ3v) is 5.30. The van der Waals surface area contributed by atoms with Crippen molar-refractivity contribution < 1.29 is 9.53 Å². The average molecular weight is 339 g/mol. The van der Waals surface area contributed by atoms with Gasteiger partial charge in [0.25, 0.3) is 0 Å². The maximum atomic E-state index is 12.7. The normalized spacial score (nSPS) is 11.9. The molecular weight excluding hydrogens is 312 g/mol. The number of hydrogen-bond acceptors (Lipinski definition) is 2. The van der Waals surface area contributed by atoms with Gasteiger partial charge in [0.2, 0.25) is 0 Å². The van der Waals surface area contributed by atoms with Gasteiger partial charge >= 0.3 is 0 Å². The van der Waals surface area contributed by atoms with Gasteiger partial charge in [0, 0.05) is 0 Å². The van der Waals surface area contributed by atoms with Crippen molar-refractivity contribution >= 4 is 20.1 Å². The highest BCUT2D eigenvalue weighted by Gasteiger charge is 2.15. The van der Waals surface area contributed by atoms with E-state index in [1.54, 1.807) is 0 Å². The van der Waals surface area contributed by atoms with Crippen LogP contribution in [0.3, 0.4) is 0 Å². The van der Waals surface area contributed by atoms with Crippen LogP contribution in [0, 0.1) is 5.92 Å². The summed E-state index contributed by atoms with van der Waals surface area (Å²) in [5, 5.41) is 1.20. The molecule has 0 saturated heterocycles. The van der Waals surface area contributed by atoms with Crippen molar-refractivity contribution in [3.8, 4) is 5.75 Å². The Morgan fingerprint density at radius 1 is 1.04 bits per heavy atom. The Balaban J connectivity index is 2.02. The molecular formula is C21H26O2Si. The van der Waals surface area contributed by atoms with E-state index in [1.165, 1.54) is 19.3 Å². The van der Waals surface area contributed by atoms with Gasteiger partial charge in [-0.1, -0.05) is 80.8 Å². The Morgan fingerprint density at radius 3 is 2.46 bits per heavy atom. The number of benzene rings is 2. The summed E-state index contributed by atoms with van der Waals surface area (Å²) >= 11 is 0. The van der Waals surface area contributed by atoms with Crippen LogP contribution in [0.15, 0.2) is 54.6 Å². The molecule has 0 saturated carbocycles. The Morgan fingerprint density at radius 2 is 1.75 bits per heavy atom. The van der Waals surface area contributed by atoms with Crippen LogP contribution in [0.25, 0.3) is 0 Å². The summed E-state index contributed by atoms with van der Waals surface area (Å²) in [7, 11) is 0.133. The zero-order valence-corrected chi connectivity index (χ0v) is 15.6. The van der Waals surface area contributed by atoms with Crippen LogP contribution in [0.1, 0.15) is 49.9 Å². The molecule has 0 aliphatic heterocycles. The molecule has 2 aromatic carbocycles. The minimum atomic E-state index is 0.133. The molecule has 2 rings (SSSR count). The fourth-order valence-corrected chi connectivity index (χ4v) is 3.57. The van der Waals surface area contributed by atoms with Crippen LogP contribution in [0.2, 0.25) is 0 Å². The van der Waals surface area contributed by atoms with Crippen LogP contribution in [-0.2, 0) is 0 Å². The van der Waals surface area contributed by atoms with Gasteiger partial charge < -0.3 is 9.53 Å². The number of para-hydroxylation sites is 1. The van der Waals surface area contributed by atoms with Crippen LogP contribution < -0.4 is 9.92 Å². The average Bonchev–Trinajstić information content (AvgIpc) is 2.63. The lowest BCUT2D eigenvalue weighted by atomic mass is 10.0. The van der Waals surface area contributed by atoms with Crippen LogP contribution in [0.4, 0.5) is 0 Å². The predicted molar refractivity (Wildman–Crippen MR) is 101 cm³/mol. The first kappa shape index (κ1) is 18.5. The van der Waals surface area contributed by atoms with E-state index in [0.29, 0.717) is 18.1 Å². The summed E-state index contributed by atoms with van der Waals surface area (Å²) in [4.78, 5) is 12.7. The van der Waals surface area contributed by atoms with Gasteiger partial charge in [-0.3, -0.25) is 0 Å². The van der Waals surface area contributed by atoms with Crippen molar-refractivity contribution in [1.82, 2.24) is 0 Å². The van der Waals surface area contributed by atoms with Gasteiger partial charge in [0.05, 0.1) is 12.2 Å². The number of ether oxygens (including phenoxy) is 1. The monoisotopic (exact) mass is 338 g/mol. The highest BCUT2D eigenvalue weighted by atomic mass is 28.2. The van der Waals surface area contributed by atoms with Gasteiger partial charge in [0.1, 0.15) is 11.2 Å². The van der Waals surface area contributed by atoms with Crippen LogP contribution >= 0.6 is 0 Å². The van der Waals surface area contributed by atoms with Crippen LogP contribution in [0.5, 0.6) is 5.75 Å². The second-order valence-corrected chi connectivity index (χ2v) is 7.33. The molecule has 2 radical (unpaired) electrons. The first-order chi connectivity index (χ1) is 11.7. The van der Waals surface area contributed by atoms with E-state index >= 15 is 0 Å². The molecule has 1 atom stereocenters. The maximum absolute atomic E-state index is 12.7. The van der Waals surface area contributed by atoms with E-state index in [9.17, 15) is 4.79 Å². The first-order valence-corrected chi connectivity index (χ1v) is 9.82. The van der Waals surface area contributed by atoms with Gasteiger partial charge in [-0.05, 0) is 24.5 Å². The molecule has 0 bridgehead atoms. The number of rotatable bonds is 10. The second kappa shape index (κ2) is 10.1. The number of unbranched alkanes of at least 4 members (excludes halogenated alkanes) is 1. The molecule has 0 aliphatic carbocycles. The standard InChI is InChI=1S/C21H26O2Si/c1-3-5-11-17(4-2)16-23-20-15-10-9-14-19(20)21(22)24-18-12-7-6-8-13-18/h6-10,12-15,17H,3-5,11,16H2,1-2H3. The van der Waals surface area contributed by atoms with Gasteiger partial charge in [-0.15, -0.1) is 0 Å². The van der Waals surface area contributed by atoms with Crippen molar-refractivity contribution in [2.45, 2.75) is 39.5 Å². The van der Waals surface area contributed by atoms with E-state index in [1.807, 2.05) is 54.6 Å². The SMILES string of the molecule is CCCCC(CC)COc1ccccc1C(=O)[Si]c1ccccc1. The molecule has 3 heteroatoms. The van der Waals surface area contributed by atoms with Crippen molar-refractivity contribution in [2.75, 3.05) is 6.61 Å². The van der Waals surface area contributed by atoms with Gasteiger partial charge in [-0.2, -0.15) is 0 Å². The number of carbonyl (C=O) groups is 1. The molecule has 0 heterocycles. The maximum Gasteiger partial charge on any atom is 0.179 e. The second-order valence-electron chi connectivity index (χ2n) is 6.04. The summed E-state index contributed by atoms with van der Waals surface area (Å²) < 4.78 is 6.03. The molecule has 0 fully saturated rings. The van der Waals surface area contributed by atoms with Crippen molar-refractivity contribution in [1.29, 1.82) is 0 Å². The molecule has 0 aliphatic rings. The zero-order chi connectivity index (χ0) is 17.2. The Labute approximate surface area is 148 Å². The molecule has 0 N–H and O–H groups in total. The highest BCUT2D eigenvalue weighted by Crippen LogP contribution is 2.21. The summed E-state index contributed by atoms with van der Waals surface area (Å²) in [6.45, 7) is 5.11. The minimum absolute atomic E-state index is 0.133. The number of hydrogen-bond donors (Lipinski definition) is 0. The summed E-state index contributed by atoms with van der Waals surface area (Å²) in [5.74, 6) is 1.28. The topological polar surface area (TPSA) is 26.3 Å². The van der Waals surface area contributed by atoms with E-state index < -0.39 is 0 Å². The Kier molecular flexibility index (Phi) is 7.76. The molecule has 1 unspecified atom stereocenters. The van der Waals surface area contributed by atoms with Crippen molar-refractivity contribution in [3.63, 3.8) is 0 Å². The lowest BCUT2D eigenvalue weighted by molar-refractivity contribution is 0.107. The molecule has 24 heavy (non-hydrogen) atoms. The zero-order valence-electron chi connectivity index (χ0n) is 14.6. The largest absolute Gasteiger partial charge is 0.493 e. The van der Waals surface area contributed by atoms with Crippen molar-refractivity contribution in [2.24, 2.45) is 5.92 Å². The Bertz CT molecular complexity index is 625. The molecule has 2 nitrogen and oxygen atoms in total. The van der Waals surface area contributed by atoms with Gasteiger partial charge in [-0.25, -0.2) is 0 Å². The summed E-state index contributed by atoms with van der Waals surface area (Å²) in [5.41, 5.74) is 0.699. The predicted octanol–water partition coefficient (Wildman–Crippen LogP) is 4.45. The number of carbonyl (C=O) groups excluding carboxylic acids is 1. The molecule has 2 aromatic rings. The van der Waals surface area contributed by atoms with E-state index in [4.69, 9.17) is 4.74 Å². The van der Waals surface area contributed by atoms with E-state index in [-0.39, 0.29) is 14.9 Å². The first-order valence-electron chi connectivity index (χ1n) is 8.82.